The first-order valence-corrected chi connectivity index (χ1v) is 8.08. The maximum absolute atomic E-state index is 11.2. The Bertz CT molecular complexity index is 848. The summed E-state index contributed by atoms with van der Waals surface area (Å²) in [4.78, 5) is 15.3. The molecule has 0 bridgehead atoms. The van der Waals surface area contributed by atoms with Gasteiger partial charge in [-0.3, -0.25) is 15.1 Å². The number of para-hydroxylation sites is 1. The van der Waals surface area contributed by atoms with E-state index in [1.165, 1.54) is 11.6 Å². The van der Waals surface area contributed by atoms with E-state index >= 15 is 0 Å². The minimum atomic E-state index is -0.349. The standard InChI is InChI=1S/C20H19N3O2/c1-15-9-11-16(12-10-15)20(18-7-4-5-13-21-18)22-14-17-6-2-3-8-19(17)23(24)25/h2-13,20,22H,14H2,1H3/t20-/m0/s1. The van der Waals surface area contributed by atoms with Crippen molar-refractivity contribution in [3.8, 4) is 0 Å². The number of pyridine rings is 1. The molecule has 0 spiro atoms. The molecule has 0 aliphatic rings. The molecular formula is C20H19N3O2. The van der Waals surface area contributed by atoms with E-state index in [1.807, 2.05) is 31.2 Å². The lowest BCUT2D eigenvalue weighted by Crippen LogP contribution is -2.23. The molecule has 0 fully saturated rings. The molecule has 0 saturated heterocycles. The highest BCUT2D eigenvalue weighted by Gasteiger charge is 2.18. The van der Waals surface area contributed by atoms with E-state index in [2.05, 4.69) is 34.6 Å². The van der Waals surface area contributed by atoms with Crippen LogP contribution in [0.4, 0.5) is 5.69 Å². The molecule has 5 nitrogen and oxygen atoms in total. The Balaban J connectivity index is 1.89. The number of benzene rings is 2. The number of nitro benzene ring substituents is 1. The fourth-order valence-electron chi connectivity index (χ4n) is 2.75. The van der Waals surface area contributed by atoms with Crippen molar-refractivity contribution in [3.05, 3.63) is 105 Å². The van der Waals surface area contributed by atoms with Gasteiger partial charge in [-0.15, -0.1) is 0 Å². The van der Waals surface area contributed by atoms with Gasteiger partial charge in [0.15, 0.2) is 0 Å². The summed E-state index contributed by atoms with van der Waals surface area (Å²) in [5, 5.41) is 14.6. The van der Waals surface area contributed by atoms with Crippen molar-refractivity contribution >= 4 is 5.69 Å². The summed E-state index contributed by atoms with van der Waals surface area (Å²) in [6.45, 7) is 2.42. The molecule has 1 atom stereocenters. The Kier molecular flexibility index (Phi) is 5.16. The van der Waals surface area contributed by atoms with Crippen LogP contribution in [0.2, 0.25) is 0 Å². The van der Waals surface area contributed by atoms with Gasteiger partial charge in [-0.05, 0) is 24.6 Å². The normalized spacial score (nSPS) is 11.9. The van der Waals surface area contributed by atoms with Crippen molar-refractivity contribution in [1.29, 1.82) is 0 Å². The number of hydrogen-bond donors (Lipinski definition) is 1. The zero-order valence-electron chi connectivity index (χ0n) is 13.9. The third kappa shape index (κ3) is 4.08. The van der Waals surface area contributed by atoms with E-state index < -0.39 is 0 Å². The second-order valence-electron chi connectivity index (χ2n) is 5.87. The fourth-order valence-corrected chi connectivity index (χ4v) is 2.75. The van der Waals surface area contributed by atoms with Crippen LogP contribution in [0.5, 0.6) is 0 Å². The van der Waals surface area contributed by atoms with E-state index in [0.717, 1.165) is 11.3 Å². The molecule has 126 valence electrons. The Hall–Kier alpha value is -3.05. The number of nitro groups is 1. The van der Waals surface area contributed by atoms with Crippen LogP contribution in [-0.2, 0) is 6.54 Å². The predicted octanol–water partition coefficient (Wildman–Crippen LogP) is 4.18. The molecule has 25 heavy (non-hydrogen) atoms. The number of hydrogen-bond acceptors (Lipinski definition) is 4. The molecule has 0 aliphatic carbocycles. The highest BCUT2D eigenvalue weighted by molar-refractivity contribution is 5.40. The van der Waals surface area contributed by atoms with Crippen LogP contribution >= 0.6 is 0 Å². The number of nitrogens with zero attached hydrogens (tertiary/aromatic N) is 2. The van der Waals surface area contributed by atoms with Crippen LogP contribution in [0.15, 0.2) is 72.9 Å². The van der Waals surface area contributed by atoms with Gasteiger partial charge in [0.2, 0.25) is 0 Å². The smallest absolute Gasteiger partial charge is 0.273 e. The Morgan fingerprint density at radius 1 is 1.04 bits per heavy atom. The highest BCUT2D eigenvalue weighted by Crippen LogP contribution is 2.23. The van der Waals surface area contributed by atoms with Crippen molar-refractivity contribution in [2.45, 2.75) is 19.5 Å². The molecule has 5 heteroatoms. The Morgan fingerprint density at radius 3 is 2.44 bits per heavy atom. The molecule has 3 aromatic rings. The van der Waals surface area contributed by atoms with E-state index in [4.69, 9.17) is 0 Å². The molecule has 1 heterocycles. The van der Waals surface area contributed by atoms with Crippen molar-refractivity contribution < 1.29 is 4.92 Å². The van der Waals surface area contributed by atoms with Gasteiger partial charge in [0.05, 0.1) is 16.7 Å². The second kappa shape index (κ2) is 7.68. The third-order valence-corrected chi connectivity index (χ3v) is 4.08. The summed E-state index contributed by atoms with van der Waals surface area (Å²) < 4.78 is 0. The minimum absolute atomic E-state index is 0.124. The topological polar surface area (TPSA) is 68.1 Å². The van der Waals surface area contributed by atoms with Crippen molar-refractivity contribution in [2.75, 3.05) is 0 Å². The molecule has 0 aliphatic heterocycles. The van der Waals surface area contributed by atoms with Crippen LogP contribution < -0.4 is 5.32 Å². The van der Waals surface area contributed by atoms with E-state index in [0.29, 0.717) is 12.1 Å². The first-order valence-electron chi connectivity index (χ1n) is 8.08. The van der Waals surface area contributed by atoms with Gasteiger partial charge in [0.1, 0.15) is 0 Å². The van der Waals surface area contributed by atoms with Gasteiger partial charge in [-0.2, -0.15) is 0 Å². The lowest BCUT2D eigenvalue weighted by Gasteiger charge is -2.19. The van der Waals surface area contributed by atoms with Gasteiger partial charge < -0.3 is 5.32 Å². The van der Waals surface area contributed by atoms with Crippen molar-refractivity contribution in [1.82, 2.24) is 10.3 Å². The Labute approximate surface area is 146 Å². The van der Waals surface area contributed by atoms with Crippen LogP contribution in [0.25, 0.3) is 0 Å². The zero-order valence-corrected chi connectivity index (χ0v) is 13.9. The molecule has 2 aromatic carbocycles. The quantitative estimate of drug-likeness (QED) is 0.543. The first kappa shape index (κ1) is 16.8. The van der Waals surface area contributed by atoms with Crippen LogP contribution in [0.3, 0.4) is 0 Å². The maximum atomic E-state index is 11.2. The summed E-state index contributed by atoms with van der Waals surface area (Å²) >= 11 is 0. The van der Waals surface area contributed by atoms with Crippen LogP contribution in [0, 0.1) is 17.0 Å². The second-order valence-corrected chi connectivity index (χ2v) is 5.87. The van der Waals surface area contributed by atoms with Gasteiger partial charge in [-0.25, -0.2) is 0 Å². The van der Waals surface area contributed by atoms with Gasteiger partial charge in [-0.1, -0.05) is 54.1 Å². The van der Waals surface area contributed by atoms with Crippen molar-refractivity contribution in [2.24, 2.45) is 0 Å². The van der Waals surface area contributed by atoms with Gasteiger partial charge in [0, 0.05) is 24.4 Å². The molecule has 0 saturated carbocycles. The van der Waals surface area contributed by atoms with Gasteiger partial charge >= 0.3 is 0 Å². The third-order valence-electron chi connectivity index (χ3n) is 4.08. The average molecular weight is 333 g/mol. The summed E-state index contributed by atoms with van der Waals surface area (Å²) in [7, 11) is 0. The molecule has 0 unspecified atom stereocenters. The van der Waals surface area contributed by atoms with Crippen LogP contribution in [-0.4, -0.2) is 9.91 Å². The van der Waals surface area contributed by atoms with Crippen molar-refractivity contribution in [3.63, 3.8) is 0 Å². The number of aryl methyl sites for hydroxylation is 1. The summed E-state index contributed by atoms with van der Waals surface area (Å²) in [6.07, 6.45) is 1.75. The van der Waals surface area contributed by atoms with E-state index in [-0.39, 0.29) is 16.7 Å². The number of nitrogens with one attached hydrogen (secondary N) is 1. The monoisotopic (exact) mass is 333 g/mol. The van der Waals surface area contributed by atoms with Crippen LogP contribution in [0.1, 0.15) is 28.4 Å². The zero-order chi connectivity index (χ0) is 17.6. The fraction of sp³-hybridized carbons (Fsp3) is 0.150. The predicted molar refractivity (Wildman–Crippen MR) is 97.2 cm³/mol. The van der Waals surface area contributed by atoms with Gasteiger partial charge in [0.25, 0.3) is 5.69 Å². The lowest BCUT2D eigenvalue weighted by molar-refractivity contribution is -0.385. The molecule has 1 N–H and O–H groups in total. The van der Waals surface area contributed by atoms with E-state index in [1.54, 1.807) is 18.3 Å². The molecule has 1 aromatic heterocycles. The number of aromatic nitrogens is 1. The molecular weight excluding hydrogens is 314 g/mol. The SMILES string of the molecule is Cc1ccc([C@H](NCc2ccccc2[N+](=O)[O-])c2ccccn2)cc1. The summed E-state index contributed by atoms with van der Waals surface area (Å²) in [5.74, 6) is 0. The molecule has 3 rings (SSSR count). The van der Waals surface area contributed by atoms with E-state index in [9.17, 15) is 10.1 Å². The largest absolute Gasteiger partial charge is 0.301 e. The summed E-state index contributed by atoms with van der Waals surface area (Å²) in [6, 6.07) is 20.6. The minimum Gasteiger partial charge on any atom is -0.301 e. The summed E-state index contributed by atoms with van der Waals surface area (Å²) in [5.41, 5.74) is 3.91. The lowest BCUT2D eigenvalue weighted by atomic mass is 10.0. The average Bonchev–Trinajstić information content (AvgIpc) is 2.64. The first-order chi connectivity index (χ1) is 12.1. The molecule has 0 radical (unpaired) electrons. The Morgan fingerprint density at radius 2 is 1.76 bits per heavy atom. The molecule has 0 amide bonds. The number of rotatable bonds is 6. The highest BCUT2D eigenvalue weighted by atomic mass is 16.6. The maximum Gasteiger partial charge on any atom is 0.273 e.